The molecular weight excluding hydrogens is 511 g/mol. The van der Waals surface area contributed by atoms with Crippen molar-refractivity contribution < 1.29 is 19.3 Å². The van der Waals surface area contributed by atoms with Gasteiger partial charge in [-0.25, -0.2) is 0 Å². The first-order valence-corrected chi connectivity index (χ1v) is 10.8. The fraction of sp³-hybridized carbons (Fsp3) is 0.682. The van der Waals surface area contributed by atoms with E-state index in [9.17, 15) is 5.11 Å². The number of piperazine rings is 1. The van der Waals surface area contributed by atoms with E-state index in [1.807, 2.05) is 12.1 Å². The van der Waals surface area contributed by atoms with Crippen molar-refractivity contribution in [1.82, 2.24) is 15.1 Å². The number of halogens is 1. The van der Waals surface area contributed by atoms with E-state index in [0.717, 1.165) is 70.1 Å². The predicted octanol–water partition coefficient (Wildman–Crippen LogP) is 2.33. The quantitative estimate of drug-likeness (QED) is 0.294. The second kappa shape index (κ2) is 12.0. The molecule has 176 valence electrons. The molecule has 0 radical (unpaired) electrons. The molecule has 1 heterocycles. The van der Waals surface area contributed by atoms with Gasteiger partial charge in [0.15, 0.2) is 17.5 Å². The Labute approximate surface area is 203 Å². The van der Waals surface area contributed by atoms with Gasteiger partial charge in [-0.2, -0.15) is 0 Å². The van der Waals surface area contributed by atoms with E-state index in [2.05, 4.69) is 22.0 Å². The van der Waals surface area contributed by atoms with Crippen LogP contribution < -0.4 is 19.5 Å². The van der Waals surface area contributed by atoms with Crippen LogP contribution in [0.25, 0.3) is 0 Å². The SMILES string of the molecule is CCNC(=NCC1(O)CCC1)N1CCN(Cc2cc(OC)c(OC)c(OC)c2)CC1.I. The number of nitrogens with one attached hydrogen (secondary N) is 1. The van der Waals surface area contributed by atoms with Gasteiger partial charge in [-0.05, 0) is 43.9 Å². The summed E-state index contributed by atoms with van der Waals surface area (Å²) in [6.45, 7) is 7.87. The van der Waals surface area contributed by atoms with E-state index < -0.39 is 5.60 Å². The number of guanidine groups is 1. The lowest BCUT2D eigenvalue weighted by atomic mass is 9.80. The maximum absolute atomic E-state index is 10.4. The topological polar surface area (TPSA) is 78.8 Å². The number of nitrogens with zero attached hydrogens (tertiary/aromatic N) is 3. The Balaban J connectivity index is 0.00000341. The van der Waals surface area contributed by atoms with Gasteiger partial charge in [0.2, 0.25) is 5.75 Å². The van der Waals surface area contributed by atoms with E-state index in [1.165, 1.54) is 0 Å². The van der Waals surface area contributed by atoms with Gasteiger partial charge >= 0.3 is 0 Å². The highest BCUT2D eigenvalue weighted by Gasteiger charge is 2.34. The zero-order valence-electron chi connectivity index (χ0n) is 19.1. The lowest BCUT2D eigenvalue weighted by Crippen LogP contribution is -2.52. The summed E-state index contributed by atoms with van der Waals surface area (Å²) in [6, 6.07) is 4.02. The lowest BCUT2D eigenvalue weighted by Gasteiger charge is -2.38. The molecule has 0 atom stereocenters. The number of ether oxygens (including phenoxy) is 3. The van der Waals surface area contributed by atoms with Crippen LogP contribution in [0, 0.1) is 0 Å². The van der Waals surface area contributed by atoms with E-state index in [1.54, 1.807) is 21.3 Å². The molecule has 2 N–H and O–H groups in total. The van der Waals surface area contributed by atoms with Crippen molar-refractivity contribution in [3.8, 4) is 17.2 Å². The van der Waals surface area contributed by atoms with Crippen molar-refractivity contribution in [3.05, 3.63) is 17.7 Å². The molecule has 2 aliphatic rings. The highest BCUT2D eigenvalue weighted by atomic mass is 127. The molecule has 1 aliphatic heterocycles. The van der Waals surface area contributed by atoms with Crippen LogP contribution in [0.2, 0.25) is 0 Å². The summed E-state index contributed by atoms with van der Waals surface area (Å²) in [7, 11) is 4.90. The van der Waals surface area contributed by atoms with E-state index in [0.29, 0.717) is 23.8 Å². The molecule has 1 saturated carbocycles. The van der Waals surface area contributed by atoms with Gasteiger partial charge in [0.1, 0.15) is 0 Å². The molecule has 0 bridgehead atoms. The largest absolute Gasteiger partial charge is 0.493 e. The molecular formula is C22H37IN4O4. The number of aliphatic imine (C=N–C) groups is 1. The first kappa shape index (κ1) is 25.8. The van der Waals surface area contributed by atoms with Crippen LogP contribution in [0.15, 0.2) is 17.1 Å². The fourth-order valence-corrected chi connectivity index (χ4v) is 3.99. The van der Waals surface area contributed by atoms with E-state index in [-0.39, 0.29) is 24.0 Å². The summed E-state index contributed by atoms with van der Waals surface area (Å²) < 4.78 is 16.4. The van der Waals surface area contributed by atoms with Crippen LogP contribution in [0.1, 0.15) is 31.7 Å². The number of hydrogen-bond acceptors (Lipinski definition) is 6. The predicted molar refractivity (Wildman–Crippen MR) is 133 cm³/mol. The second-order valence-electron chi connectivity index (χ2n) is 8.04. The van der Waals surface area contributed by atoms with Crippen molar-refractivity contribution in [1.29, 1.82) is 0 Å². The summed E-state index contributed by atoms with van der Waals surface area (Å²) in [5.74, 6) is 2.89. The van der Waals surface area contributed by atoms with Crippen molar-refractivity contribution >= 4 is 29.9 Å². The van der Waals surface area contributed by atoms with Crippen LogP contribution in [-0.2, 0) is 6.54 Å². The summed E-state index contributed by atoms with van der Waals surface area (Å²) in [6.07, 6.45) is 2.82. The minimum atomic E-state index is -0.588. The van der Waals surface area contributed by atoms with Crippen LogP contribution in [-0.4, -0.2) is 87.1 Å². The maximum atomic E-state index is 10.4. The number of benzene rings is 1. The maximum Gasteiger partial charge on any atom is 0.203 e. The molecule has 0 aromatic heterocycles. The standard InChI is InChI=1S/C22H36N4O4.HI/c1-5-23-21(24-16-22(27)7-6-8-22)26-11-9-25(10-12-26)15-17-13-18(28-2)20(30-4)19(14-17)29-3;/h13-14,27H,5-12,15-16H2,1-4H3,(H,23,24);1H. The fourth-order valence-electron chi connectivity index (χ4n) is 3.99. The number of hydrogen-bond donors (Lipinski definition) is 2. The zero-order valence-corrected chi connectivity index (χ0v) is 21.5. The molecule has 0 spiro atoms. The van der Waals surface area contributed by atoms with Crippen LogP contribution in [0.3, 0.4) is 0 Å². The Morgan fingerprint density at radius 1 is 1.06 bits per heavy atom. The summed E-state index contributed by atoms with van der Waals surface area (Å²) in [5, 5.41) is 13.7. The first-order valence-electron chi connectivity index (χ1n) is 10.8. The third kappa shape index (κ3) is 6.52. The molecule has 0 unspecified atom stereocenters. The smallest absolute Gasteiger partial charge is 0.203 e. The molecule has 1 saturated heterocycles. The average molecular weight is 548 g/mol. The average Bonchev–Trinajstić information content (AvgIpc) is 2.75. The molecule has 1 aliphatic carbocycles. The Morgan fingerprint density at radius 2 is 1.68 bits per heavy atom. The van der Waals surface area contributed by atoms with Crippen LogP contribution in [0.5, 0.6) is 17.2 Å². The number of methoxy groups -OCH3 is 3. The minimum absolute atomic E-state index is 0. The first-order chi connectivity index (χ1) is 14.5. The minimum Gasteiger partial charge on any atom is -0.493 e. The molecule has 0 amide bonds. The van der Waals surface area contributed by atoms with Crippen molar-refractivity contribution in [2.45, 2.75) is 38.3 Å². The molecule has 1 aromatic carbocycles. The molecule has 9 heteroatoms. The van der Waals surface area contributed by atoms with Gasteiger partial charge in [0.05, 0.1) is 33.5 Å². The summed E-state index contributed by atoms with van der Waals surface area (Å²) in [4.78, 5) is 9.43. The number of aliphatic hydroxyl groups is 1. The summed E-state index contributed by atoms with van der Waals surface area (Å²) >= 11 is 0. The zero-order chi connectivity index (χ0) is 21.6. The van der Waals surface area contributed by atoms with Gasteiger partial charge in [-0.3, -0.25) is 9.89 Å². The Bertz CT molecular complexity index is 709. The van der Waals surface area contributed by atoms with E-state index >= 15 is 0 Å². The monoisotopic (exact) mass is 548 g/mol. The van der Waals surface area contributed by atoms with E-state index in [4.69, 9.17) is 19.2 Å². The highest BCUT2D eigenvalue weighted by molar-refractivity contribution is 14.0. The third-order valence-corrected chi connectivity index (χ3v) is 5.94. The normalized spacial score (nSPS) is 18.6. The van der Waals surface area contributed by atoms with Crippen molar-refractivity contribution in [3.63, 3.8) is 0 Å². The molecule has 3 rings (SSSR count). The molecule has 8 nitrogen and oxygen atoms in total. The summed E-state index contributed by atoms with van der Waals surface area (Å²) in [5.41, 5.74) is 0.542. The van der Waals surface area contributed by atoms with Crippen molar-refractivity contribution in [2.24, 2.45) is 4.99 Å². The molecule has 1 aromatic rings. The van der Waals surface area contributed by atoms with Gasteiger partial charge in [-0.15, -0.1) is 24.0 Å². The Kier molecular flexibility index (Phi) is 9.95. The highest BCUT2D eigenvalue weighted by Crippen LogP contribution is 2.38. The Hall–Kier alpha value is -1.46. The van der Waals surface area contributed by atoms with Gasteiger partial charge in [0, 0.05) is 39.3 Å². The van der Waals surface area contributed by atoms with Crippen molar-refractivity contribution in [2.75, 3.05) is 60.6 Å². The number of rotatable bonds is 8. The third-order valence-electron chi connectivity index (χ3n) is 5.94. The van der Waals surface area contributed by atoms with Crippen LogP contribution in [0.4, 0.5) is 0 Å². The molecule has 2 fully saturated rings. The van der Waals surface area contributed by atoms with Gasteiger partial charge < -0.3 is 29.5 Å². The Morgan fingerprint density at radius 3 is 2.13 bits per heavy atom. The van der Waals surface area contributed by atoms with Gasteiger partial charge in [-0.1, -0.05) is 0 Å². The second-order valence-corrected chi connectivity index (χ2v) is 8.04. The molecule has 31 heavy (non-hydrogen) atoms. The lowest BCUT2D eigenvalue weighted by molar-refractivity contribution is -0.0238. The van der Waals surface area contributed by atoms with Crippen LogP contribution >= 0.6 is 24.0 Å². The van der Waals surface area contributed by atoms with Gasteiger partial charge in [0.25, 0.3) is 0 Å².